The maximum Gasteiger partial charge on any atom is 0.250 e. The summed E-state index contributed by atoms with van der Waals surface area (Å²) in [6.07, 6.45) is 1.11. The Balaban J connectivity index is 1.48. The fourth-order valence-corrected chi connectivity index (χ4v) is 4.20. The van der Waals surface area contributed by atoms with Crippen LogP contribution in [0, 0.1) is 5.92 Å². The summed E-state index contributed by atoms with van der Waals surface area (Å²) in [5.41, 5.74) is 1.92. The number of nitrogens with zero attached hydrogens (tertiary/aromatic N) is 2. The van der Waals surface area contributed by atoms with Gasteiger partial charge in [0.25, 0.3) is 5.56 Å². The SMILES string of the molecule is COc1ccc(C(=O)CN2C[C@@H]3C[C@@H](C2)c2cccc(=O)n2C3)cc1. The van der Waals surface area contributed by atoms with Gasteiger partial charge < -0.3 is 9.30 Å². The molecule has 2 aliphatic rings. The van der Waals surface area contributed by atoms with E-state index in [1.165, 1.54) is 0 Å². The van der Waals surface area contributed by atoms with E-state index >= 15 is 0 Å². The number of rotatable bonds is 4. The van der Waals surface area contributed by atoms with Crippen LogP contribution < -0.4 is 10.3 Å². The number of fused-ring (bicyclic) bond motifs is 4. The third-order valence-electron chi connectivity index (χ3n) is 5.33. The van der Waals surface area contributed by atoms with Gasteiger partial charge in [-0.15, -0.1) is 0 Å². The van der Waals surface area contributed by atoms with Gasteiger partial charge in [-0.05, 0) is 42.7 Å². The third-order valence-corrected chi connectivity index (χ3v) is 5.33. The molecule has 4 rings (SSSR count). The van der Waals surface area contributed by atoms with Gasteiger partial charge in [-0.2, -0.15) is 0 Å². The first kappa shape index (κ1) is 16.1. The molecule has 2 bridgehead atoms. The van der Waals surface area contributed by atoms with E-state index in [1.54, 1.807) is 13.2 Å². The second-order valence-electron chi connectivity index (χ2n) is 7.04. The molecule has 130 valence electrons. The molecule has 1 saturated heterocycles. The summed E-state index contributed by atoms with van der Waals surface area (Å²) in [4.78, 5) is 26.9. The number of carbonyl (C=O) groups excluding carboxylic acids is 1. The molecule has 3 heterocycles. The topological polar surface area (TPSA) is 51.5 Å². The molecule has 0 radical (unpaired) electrons. The van der Waals surface area contributed by atoms with Crippen molar-refractivity contribution in [2.45, 2.75) is 18.9 Å². The molecule has 5 nitrogen and oxygen atoms in total. The second-order valence-corrected chi connectivity index (χ2v) is 7.04. The average molecular weight is 338 g/mol. The second kappa shape index (κ2) is 6.48. The average Bonchev–Trinajstić information content (AvgIpc) is 2.62. The highest BCUT2D eigenvalue weighted by molar-refractivity contribution is 5.97. The first-order chi connectivity index (χ1) is 12.1. The van der Waals surface area contributed by atoms with Crippen molar-refractivity contribution in [1.82, 2.24) is 9.47 Å². The van der Waals surface area contributed by atoms with E-state index in [2.05, 4.69) is 11.0 Å². The minimum absolute atomic E-state index is 0.0926. The number of ether oxygens (including phenoxy) is 1. The maximum absolute atomic E-state index is 12.6. The van der Waals surface area contributed by atoms with Crippen LogP contribution in [-0.4, -0.2) is 42.0 Å². The highest BCUT2D eigenvalue weighted by Gasteiger charge is 2.34. The van der Waals surface area contributed by atoms with Crippen LogP contribution in [0.5, 0.6) is 5.75 Å². The van der Waals surface area contributed by atoms with Crippen molar-refractivity contribution in [3.8, 4) is 5.75 Å². The molecule has 0 N–H and O–H groups in total. The van der Waals surface area contributed by atoms with Crippen LogP contribution in [0.15, 0.2) is 47.3 Å². The summed E-state index contributed by atoms with van der Waals surface area (Å²) in [5.74, 6) is 1.67. The maximum atomic E-state index is 12.6. The Labute approximate surface area is 146 Å². The third kappa shape index (κ3) is 3.12. The summed E-state index contributed by atoms with van der Waals surface area (Å²) in [6, 6.07) is 12.8. The van der Waals surface area contributed by atoms with Crippen LogP contribution in [0.1, 0.15) is 28.4 Å². The zero-order valence-corrected chi connectivity index (χ0v) is 14.4. The van der Waals surface area contributed by atoms with Crippen LogP contribution in [-0.2, 0) is 6.54 Å². The zero-order chi connectivity index (χ0) is 17.4. The zero-order valence-electron chi connectivity index (χ0n) is 14.4. The van der Waals surface area contributed by atoms with E-state index < -0.39 is 0 Å². The van der Waals surface area contributed by atoms with E-state index in [0.29, 0.717) is 23.9 Å². The Bertz CT molecular complexity index is 841. The number of likely N-dealkylation sites (tertiary alicyclic amines) is 1. The molecule has 0 aliphatic carbocycles. The first-order valence-electron chi connectivity index (χ1n) is 8.73. The van der Waals surface area contributed by atoms with Crippen molar-refractivity contribution in [3.63, 3.8) is 0 Å². The largest absolute Gasteiger partial charge is 0.497 e. The Morgan fingerprint density at radius 1 is 1.12 bits per heavy atom. The van der Waals surface area contributed by atoms with Crippen LogP contribution in [0.3, 0.4) is 0 Å². The van der Waals surface area contributed by atoms with E-state index in [9.17, 15) is 9.59 Å². The van der Waals surface area contributed by atoms with E-state index in [-0.39, 0.29) is 11.3 Å². The molecule has 1 aromatic heterocycles. The standard InChI is InChI=1S/C20H22N2O3/c1-25-17-7-5-15(6-8-17)19(23)13-21-10-14-9-16(12-21)18-3-2-4-20(24)22(18)11-14/h2-8,14,16H,9-13H2,1H3/t14-,16-/m0/s1. The van der Waals surface area contributed by atoms with Gasteiger partial charge in [-0.3, -0.25) is 14.5 Å². The molecule has 0 spiro atoms. The Kier molecular flexibility index (Phi) is 4.17. The lowest BCUT2D eigenvalue weighted by Gasteiger charge is -2.42. The molecular formula is C20H22N2O3. The minimum Gasteiger partial charge on any atom is -0.497 e. The highest BCUT2D eigenvalue weighted by atomic mass is 16.5. The minimum atomic E-state index is 0.0926. The normalized spacial score (nSPS) is 22.3. The van der Waals surface area contributed by atoms with Gasteiger partial charge in [-0.25, -0.2) is 0 Å². The molecule has 1 fully saturated rings. The fraction of sp³-hybridized carbons (Fsp3) is 0.400. The number of carbonyl (C=O) groups is 1. The van der Waals surface area contributed by atoms with Crippen molar-refractivity contribution in [3.05, 3.63) is 64.1 Å². The number of hydrogen-bond acceptors (Lipinski definition) is 4. The fourth-order valence-electron chi connectivity index (χ4n) is 4.20. The van der Waals surface area contributed by atoms with Crippen molar-refractivity contribution in [1.29, 1.82) is 0 Å². The van der Waals surface area contributed by atoms with Crippen molar-refractivity contribution in [2.24, 2.45) is 5.92 Å². The summed E-state index contributed by atoms with van der Waals surface area (Å²) in [5, 5.41) is 0. The van der Waals surface area contributed by atoms with Gasteiger partial charge in [-0.1, -0.05) is 6.07 Å². The number of benzene rings is 1. The monoisotopic (exact) mass is 338 g/mol. The van der Waals surface area contributed by atoms with Crippen LogP contribution in [0.25, 0.3) is 0 Å². The molecule has 2 aromatic rings. The molecular weight excluding hydrogens is 316 g/mol. The Morgan fingerprint density at radius 3 is 2.68 bits per heavy atom. The molecule has 2 atom stereocenters. The predicted molar refractivity (Wildman–Crippen MR) is 95.3 cm³/mol. The Morgan fingerprint density at radius 2 is 1.92 bits per heavy atom. The summed E-state index contributed by atoms with van der Waals surface area (Å²) >= 11 is 0. The molecule has 0 amide bonds. The molecule has 5 heteroatoms. The van der Waals surface area contributed by atoms with Gasteiger partial charge in [0.2, 0.25) is 0 Å². The van der Waals surface area contributed by atoms with Crippen molar-refractivity contribution in [2.75, 3.05) is 26.7 Å². The predicted octanol–water partition coefficient (Wildman–Crippen LogP) is 2.16. The lowest BCUT2D eigenvalue weighted by atomic mass is 9.83. The first-order valence-corrected chi connectivity index (χ1v) is 8.73. The van der Waals surface area contributed by atoms with Gasteiger partial charge in [0.05, 0.1) is 13.7 Å². The smallest absolute Gasteiger partial charge is 0.250 e. The number of Topliss-reactive ketones (excluding diaryl/α,β-unsaturated/α-hetero) is 1. The summed E-state index contributed by atoms with van der Waals surface area (Å²) < 4.78 is 7.06. The lowest BCUT2D eigenvalue weighted by molar-refractivity contribution is 0.0817. The van der Waals surface area contributed by atoms with Crippen LogP contribution in [0.4, 0.5) is 0 Å². The quantitative estimate of drug-likeness (QED) is 0.802. The number of hydrogen-bond donors (Lipinski definition) is 0. The summed E-state index contributed by atoms with van der Waals surface area (Å²) in [7, 11) is 1.62. The van der Waals surface area contributed by atoms with Crippen LogP contribution >= 0.6 is 0 Å². The van der Waals surface area contributed by atoms with E-state index in [0.717, 1.165) is 37.5 Å². The molecule has 25 heavy (non-hydrogen) atoms. The number of piperidine rings is 1. The number of aromatic nitrogens is 1. The van der Waals surface area contributed by atoms with Crippen molar-refractivity contribution >= 4 is 5.78 Å². The van der Waals surface area contributed by atoms with Gasteiger partial charge in [0, 0.05) is 42.9 Å². The van der Waals surface area contributed by atoms with Gasteiger partial charge in [0.1, 0.15) is 5.75 Å². The lowest BCUT2D eigenvalue weighted by Crippen LogP contribution is -2.48. The molecule has 0 saturated carbocycles. The molecule has 0 unspecified atom stereocenters. The Hall–Kier alpha value is -2.40. The number of methoxy groups -OCH3 is 1. The highest BCUT2D eigenvalue weighted by Crippen LogP contribution is 2.34. The number of ketones is 1. The molecule has 1 aromatic carbocycles. The van der Waals surface area contributed by atoms with Gasteiger partial charge in [0.15, 0.2) is 5.78 Å². The molecule has 2 aliphatic heterocycles. The van der Waals surface area contributed by atoms with Gasteiger partial charge >= 0.3 is 0 Å². The summed E-state index contributed by atoms with van der Waals surface area (Å²) in [6.45, 7) is 2.90. The van der Waals surface area contributed by atoms with E-state index in [1.807, 2.05) is 34.9 Å². The number of pyridine rings is 1. The van der Waals surface area contributed by atoms with E-state index in [4.69, 9.17) is 4.74 Å². The van der Waals surface area contributed by atoms with Crippen LogP contribution in [0.2, 0.25) is 0 Å². The van der Waals surface area contributed by atoms with Crippen molar-refractivity contribution < 1.29 is 9.53 Å².